The molecule has 0 aliphatic carbocycles. The zero-order valence-electron chi connectivity index (χ0n) is 16.1. The van der Waals surface area contributed by atoms with Gasteiger partial charge in [0, 0.05) is 32.9 Å². The highest BCUT2D eigenvalue weighted by Gasteiger charge is 2.32. The normalized spacial score (nSPS) is 15.0. The number of carbonyl (C=O) groups excluding carboxylic acids is 5. The Bertz CT molecular complexity index is 562. The first kappa shape index (κ1) is 22.6. The molecular formula is C17H28N4O6. The van der Waals surface area contributed by atoms with Gasteiger partial charge in [0.05, 0.1) is 12.5 Å². The first-order valence-corrected chi connectivity index (χ1v) is 8.97. The lowest BCUT2D eigenvalue weighted by Crippen LogP contribution is -2.44. The molecule has 10 heteroatoms. The van der Waals surface area contributed by atoms with Gasteiger partial charge in [0.2, 0.25) is 11.8 Å². The Morgan fingerprint density at radius 1 is 1.07 bits per heavy atom. The summed E-state index contributed by atoms with van der Waals surface area (Å²) in [6.45, 7) is 2.07. The van der Waals surface area contributed by atoms with Gasteiger partial charge in [-0.15, -0.1) is 5.06 Å². The van der Waals surface area contributed by atoms with Crippen LogP contribution >= 0.6 is 0 Å². The van der Waals surface area contributed by atoms with Crippen molar-refractivity contribution in [3.05, 3.63) is 0 Å². The number of imide groups is 1. The topological polar surface area (TPSA) is 125 Å². The fourth-order valence-electron chi connectivity index (χ4n) is 2.56. The predicted molar refractivity (Wildman–Crippen MR) is 94.8 cm³/mol. The van der Waals surface area contributed by atoms with Crippen LogP contribution in [-0.4, -0.2) is 72.8 Å². The molecule has 0 aromatic rings. The Morgan fingerprint density at radius 3 is 2.26 bits per heavy atom. The summed E-state index contributed by atoms with van der Waals surface area (Å²) in [6.07, 6.45) is 2.06. The minimum atomic E-state index is -0.754. The van der Waals surface area contributed by atoms with E-state index in [0.717, 1.165) is 12.8 Å². The Morgan fingerprint density at radius 2 is 1.70 bits per heavy atom. The van der Waals surface area contributed by atoms with Crippen LogP contribution in [0.5, 0.6) is 0 Å². The number of likely N-dealkylation sites (N-methyl/N-ethyl adjacent to an activating group) is 1. The van der Waals surface area contributed by atoms with Crippen LogP contribution < -0.4 is 10.6 Å². The average molecular weight is 388 g/mol. The van der Waals surface area contributed by atoms with Crippen LogP contribution in [0.3, 0.4) is 0 Å². The van der Waals surface area contributed by atoms with Crippen LogP contribution in [0.25, 0.3) is 0 Å². The van der Waals surface area contributed by atoms with Crippen LogP contribution in [-0.2, 0) is 28.8 Å². The molecule has 27 heavy (non-hydrogen) atoms. The zero-order chi connectivity index (χ0) is 20.4. The molecule has 0 saturated carbocycles. The second-order valence-corrected chi connectivity index (χ2v) is 6.54. The van der Waals surface area contributed by atoms with Gasteiger partial charge in [0.15, 0.2) is 0 Å². The van der Waals surface area contributed by atoms with Gasteiger partial charge in [0.1, 0.15) is 0 Å². The molecule has 0 radical (unpaired) electrons. The van der Waals surface area contributed by atoms with Crippen LogP contribution in [0.15, 0.2) is 0 Å². The first-order chi connectivity index (χ1) is 12.7. The molecular weight excluding hydrogens is 360 g/mol. The predicted octanol–water partition coefficient (Wildman–Crippen LogP) is -0.663. The molecule has 10 nitrogen and oxygen atoms in total. The molecule has 0 bridgehead atoms. The van der Waals surface area contributed by atoms with Crippen LogP contribution in [0.4, 0.5) is 0 Å². The van der Waals surface area contributed by atoms with Crippen molar-refractivity contribution in [3.63, 3.8) is 0 Å². The smallest absolute Gasteiger partial charge is 0.334 e. The van der Waals surface area contributed by atoms with Gasteiger partial charge in [-0.25, -0.2) is 4.79 Å². The maximum atomic E-state index is 12.3. The summed E-state index contributed by atoms with van der Waals surface area (Å²) in [5.41, 5.74) is 0. The molecule has 1 fully saturated rings. The van der Waals surface area contributed by atoms with Crippen molar-refractivity contribution >= 4 is 29.6 Å². The van der Waals surface area contributed by atoms with Crippen molar-refractivity contribution in [2.24, 2.45) is 0 Å². The third-order valence-corrected chi connectivity index (χ3v) is 4.03. The molecule has 1 heterocycles. The van der Waals surface area contributed by atoms with E-state index >= 15 is 0 Å². The molecule has 1 rings (SSSR count). The molecule has 0 spiro atoms. The van der Waals surface area contributed by atoms with Crippen molar-refractivity contribution in [3.8, 4) is 0 Å². The van der Waals surface area contributed by atoms with Gasteiger partial charge < -0.3 is 15.5 Å². The maximum Gasteiger partial charge on any atom is 0.334 e. The molecule has 1 aliphatic rings. The van der Waals surface area contributed by atoms with E-state index < -0.39 is 17.8 Å². The van der Waals surface area contributed by atoms with E-state index in [9.17, 15) is 24.0 Å². The fraction of sp³-hybridized carbons (Fsp3) is 0.706. The highest BCUT2D eigenvalue weighted by molar-refractivity contribution is 6.01. The summed E-state index contributed by atoms with van der Waals surface area (Å²) in [5, 5.41) is 5.85. The molecule has 0 aromatic heterocycles. The molecule has 1 unspecified atom stereocenters. The van der Waals surface area contributed by atoms with E-state index in [1.54, 1.807) is 19.0 Å². The van der Waals surface area contributed by atoms with E-state index in [4.69, 9.17) is 4.84 Å². The van der Waals surface area contributed by atoms with Gasteiger partial charge in [0.25, 0.3) is 11.8 Å². The highest BCUT2D eigenvalue weighted by atomic mass is 16.7. The lowest BCUT2D eigenvalue weighted by Gasteiger charge is -2.23. The van der Waals surface area contributed by atoms with Gasteiger partial charge in [-0.05, 0) is 33.4 Å². The summed E-state index contributed by atoms with van der Waals surface area (Å²) in [7, 11) is 3.58. The van der Waals surface area contributed by atoms with Gasteiger partial charge in [-0.3, -0.25) is 24.1 Å². The number of carbonyl (C=O) groups is 5. The number of hydrogen-bond donors (Lipinski definition) is 2. The average Bonchev–Trinajstić information content (AvgIpc) is 2.89. The van der Waals surface area contributed by atoms with Crippen molar-refractivity contribution in [2.45, 2.75) is 51.5 Å². The van der Waals surface area contributed by atoms with Gasteiger partial charge in [-0.1, -0.05) is 0 Å². The van der Waals surface area contributed by atoms with E-state index in [1.807, 2.05) is 0 Å². The van der Waals surface area contributed by atoms with Crippen LogP contribution in [0, 0.1) is 0 Å². The summed E-state index contributed by atoms with van der Waals surface area (Å²) in [5.74, 6) is -2.13. The SMILES string of the molecule is C[13C](=O)NCCCCC(C(=O)N[13CH2]CC(=O)ON1C(=O)CCC1=O)[15N](C)[13CH3]. The number of rotatable bonds is 11. The molecule has 0 aromatic carbocycles. The third kappa shape index (κ3) is 8.16. The van der Waals surface area contributed by atoms with E-state index in [2.05, 4.69) is 10.6 Å². The lowest BCUT2D eigenvalue weighted by atomic mass is 10.1. The molecule has 152 valence electrons. The Labute approximate surface area is 158 Å². The largest absolute Gasteiger partial charge is 0.356 e. The maximum absolute atomic E-state index is 12.3. The van der Waals surface area contributed by atoms with Crippen molar-refractivity contribution in [1.29, 1.82) is 0 Å². The number of nitrogens with one attached hydrogen (secondary N) is 2. The lowest BCUT2D eigenvalue weighted by molar-refractivity contribution is -0.197. The zero-order valence-corrected chi connectivity index (χ0v) is 16.1. The minimum Gasteiger partial charge on any atom is -0.356 e. The summed E-state index contributed by atoms with van der Waals surface area (Å²) in [6, 6.07) is -0.361. The minimum absolute atomic E-state index is 0.0370. The van der Waals surface area contributed by atoms with E-state index in [1.165, 1.54) is 6.92 Å². The third-order valence-electron chi connectivity index (χ3n) is 4.03. The number of hydrogen-bond acceptors (Lipinski definition) is 7. The fourth-order valence-corrected chi connectivity index (χ4v) is 2.56. The Balaban J connectivity index is 2.30. The van der Waals surface area contributed by atoms with Crippen molar-refractivity contribution < 1.29 is 28.8 Å². The molecule has 1 saturated heterocycles. The molecule has 2 N–H and O–H groups in total. The van der Waals surface area contributed by atoms with Crippen molar-refractivity contribution in [1.82, 2.24) is 20.6 Å². The second kappa shape index (κ2) is 11.3. The summed E-state index contributed by atoms with van der Waals surface area (Å²) < 4.78 is 0. The van der Waals surface area contributed by atoms with E-state index in [0.29, 0.717) is 18.0 Å². The monoisotopic (exact) mass is 388 g/mol. The number of hydroxylamine groups is 2. The first-order valence-electron chi connectivity index (χ1n) is 8.97. The molecule has 1 aliphatic heterocycles. The molecule has 1 atom stereocenters. The van der Waals surface area contributed by atoms with Gasteiger partial charge >= 0.3 is 5.97 Å². The number of unbranched alkanes of at least 4 members (excludes halogenated alkanes) is 1. The number of nitrogens with zero attached hydrogens (tertiary/aromatic N) is 2. The van der Waals surface area contributed by atoms with Gasteiger partial charge in [-0.2, -0.15) is 0 Å². The number of amides is 4. The summed E-state index contributed by atoms with van der Waals surface area (Å²) >= 11 is 0. The van der Waals surface area contributed by atoms with Crippen LogP contribution in [0.2, 0.25) is 0 Å². The summed E-state index contributed by atoms with van der Waals surface area (Å²) in [4.78, 5) is 64.1. The Hall–Kier alpha value is -2.49. The Kier molecular flexibility index (Phi) is 9.41. The van der Waals surface area contributed by atoms with Crippen LogP contribution in [0.1, 0.15) is 45.4 Å². The van der Waals surface area contributed by atoms with Crippen molar-refractivity contribution in [2.75, 3.05) is 27.2 Å². The molecule has 4 amide bonds. The second-order valence-electron chi connectivity index (χ2n) is 6.54. The highest BCUT2D eigenvalue weighted by Crippen LogP contribution is 2.12. The quantitative estimate of drug-likeness (QED) is 0.208. The standard InChI is InChI=1S/C17H28N4O6/c1-12(22)18-10-5-4-6-13(20(2)3)17(26)19-11-9-16(25)27-21-14(23)7-8-15(21)24/h13H,4-11H2,1-3H3,(H,18,22)(H,19,26)/i2+1,11+1,12+1,20+1. The van der Waals surface area contributed by atoms with E-state index in [-0.39, 0.29) is 43.7 Å².